The van der Waals surface area contributed by atoms with E-state index < -0.39 is 15.8 Å². The number of carbonyl (C=O) groups is 1. The molecule has 0 spiro atoms. The highest BCUT2D eigenvalue weighted by atomic mass is 35.5. The van der Waals surface area contributed by atoms with Gasteiger partial charge in [-0.2, -0.15) is 4.31 Å². The maximum Gasteiger partial charge on any atom is 0.243 e. The molecule has 6 nitrogen and oxygen atoms in total. The predicted octanol–water partition coefficient (Wildman–Crippen LogP) is 3.45. The van der Waals surface area contributed by atoms with E-state index in [1.165, 1.54) is 10.4 Å². The fraction of sp³-hybridized carbons (Fsp3) is 0.350. The van der Waals surface area contributed by atoms with Crippen LogP contribution in [-0.4, -0.2) is 38.3 Å². The van der Waals surface area contributed by atoms with Gasteiger partial charge in [0, 0.05) is 31.1 Å². The zero-order valence-electron chi connectivity index (χ0n) is 15.5. The Labute approximate surface area is 173 Å². The third kappa shape index (κ3) is 4.10. The average molecular weight is 439 g/mol. The number of ether oxygens (including phenoxy) is 1. The summed E-state index contributed by atoms with van der Waals surface area (Å²) in [6, 6.07) is 8.92. The van der Waals surface area contributed by atoms with Crippen molar-refractivity contribution in [3.63, 3.8) is 0 Å². The molecule has 2 aromatic rings. The number of fused-ring (bicyclic) bond motifs is 1. The Bertz CT molecular complexity index is 1050. The standard InChI is InChI=1S/C20H20ClFN2O4S/c21-17-12-16(2-3-18(17)22)29(26,27)24-8-5-13(6-9-24)20(25)23-15-1-4-19-14(11-15)7-10-28-19/h1-4,11-13H,5-10H2,(H,23,25). The van der Waals surface area contributed by atoms with Gasteiger partial charge in [-0.3, -0.25) is 4.79 Å². The van der Waals surface area contributed by atoms with Crippen LogP contribution in [0.15, 0.2) is 41.3 Å². The molecule has 154 valence electrons. The SMILES string of the molecule is O=C(Nc1ccc2c(c1)CCO2)C1CCN(S(=O)(=O)c2ccc(F)c(Cl)c2)CC1. The van der Waals surface area contributed by atoms with E-state index in [0.717, 1.165) is 35.6 Å². The molecule has 0 saturated carbocycles. The van der Waals surface area contributed by atoms with E-state index in [4.69, 9.17) is 16.3 Å². The molecule has 0 bridgehead atoms. The number of sulfonamides is 1. The van der Waals surface area contributed by atoms with E-state index >= 15 is 0 Å². The molecule has 9 heteroatoms. The Morgan fingerprint density at radius 3 is 2.66 bits per heavy atom. The molecule has 0 unspecified atom stereocenters. The monoisotopic (exact) mass is 438 g/mol. The van der Waals surface area contributed by atoms with Crippen molar-refractivity contribution in [3.8, 4) is 5.75 Å². The number of piperidine rings is 1. The normalized spacial score (nSPS) is 17.6. The molecule has 0 aliphatic carbocycles. The molecule has 2 aromatic carbocycles. The summed E-state index contributed by atoms with van der Waals surface area (Å²) >= 11 is 5.72. The molecule has 2 heterocycles. The van der Waals surface area contributed by atoms with Crippen molar-refractivity contribution in [2.45, 2.75) is 24.2 Å². The van der Waals surface area contributed by atoms with Crippen LogP contribution in [0.1, 0.15) is 18.4 Å². The van der Waals surface area contributed by atoms with Gasteiger partial charge in [0.25, 0.3) is 0 Å². The van der Waals surface area contributed by atoms with Gasteiger partial charge in [-0.05, 0) is 54.8 Å². The first-order valence-electron chi connectivity index (χ1n) is 9.36. The number of hydrogen-bond acceptors (Lipinski definition) is 4. The number of nitrogens with one attached hydrogen (secondary N) is 1. The third-order valence-electron chi connectivity index (χ3n) is 5.31. The van der Waals surface area contributed by atoms with Crippen LogP contribution in [0.4, 0.5) is 10.1 Å². The Hall–Kier alpha value is -2.16. The minimum absolute atomic E-state index is 0.0489. The average Bonchev–Trinajstić information content (AvgIpc) is 3.18. The van der Waals surface area contributed by atoms with Crippen molar-refractivity contribution in [3.05, 3.63) is 52.8 Å². The molecule has 0 atom stereocenters. The summed E-state index contributed by atoms with van der Waals surface area (Å²) in [4.78, 5) is 12.6. The lowest BCUT2D eigenvalue weighted by Crippen LogP contribution is -2.41. The Kier molecular flexibility index (Phi) is 5.50. The van der Waals surface area contributed by atoms with Gasteiger partial charge >= 0.3 is 0 Å². The highest BCUT2D eigenvalue weighted by Gasteiger charge is 2.32. The highest BCUT2D eigenvalue weighted by Crippen LogP contribution is 2.30. The smallest absolute Gasteiger partial charge is 0.243 e. The molecule has 2 aliphatic heterocycles. The van der Waals surface area contributed by atoms with Crippen LogP contribution in [0, 0.1) is 11.7 Å². The van der Waals surface area contributed by atoms with Crippen molar-refractivity contribution in [2.75, 3.05) is 25.0 Å². The van der Waals surface area contributed by atoms with Gasteiger partial charge in [-0.25, -0.2) is 12.8 Å². The van der Waals surface area contributed by atoms with E-state index in [1.807, 2.05) is 12.1 Å². The molecule has 0 aromatic heterocycles. The number of hydrogen-bond donors (Lipinski definition) is 1. The summed E-state index contributed by atoms with van der Waals surface area (Å²) in [5, 5.41) is 2.68. The van der Waals surface area contributed by atoms with Crippen LogP contribution in [0.2, 0.25) is 5.02 Å². The van der Waals surface area contributed by atoms with Gasteiger partial charge in [0.15, 0.2) is 0 Å². The van der Waals surface area contributed by atoms with Crippen molar-refractivity contribution >= 4 is 33.2 Å². The first-order chi connectivity index (χ1) is 13.8. The third-order valence-corrected chi connectivity index (χ3v) is 7.49. The second-order valence-corrected chi connectivity index (χ2v) is 9.51. The zero-order chi connectivity index (χ0) is 20.6. The van der Waals surface area contributed by atoms with Crippen LogP contribution in [-0.2, 0) is 21.2 Å². The van der Waals surface area contributed by atoms with Gasteiger partial charge in [0.2, 0.25) is 15.9 Å². The fourth-order valence-corrected chi connectivity index (χ4v) is 5.40. The van der Waals surface area contributed by atoms with Crippen molar-refractivity contribution in [1.82, 2.24) is 4.31 Å². The number of rotatable bonds is 4. The molecule has 1 N–H and O–H groups in total. The molecular weight excluding hydrogens is 419 g/mol. The molecule has 4 rings (SSSR count). The van der Waals surface area contributed by atoms with Crippen LogP contribution in [0.3, 0.4) is 0 Å². The van der Waals surface area contributed by atoms with E-state index in [0.29, 0.717) is 19.4 Å². The van der Waals surface area contributed by atoms with E-state index in [-0.39, 0.29) is 34.8 Å². The van der Waals surface area contributed by atoms with Gasteiger partial charge in [0.1, 0.15) is 11.6 Å². The van der Waals surface area contributed by atoms with E-state index in [2.05, 4.69) is 5.32 Å². The Balaban J connectivity index is 1.38. The summed E-state index contributed by atoms with van der Waals surface area (Å²) in [7, 11) is -3.78. The second kappa shape index (κ2) is 7.93. The van der Waals surface area contributed by atoms with Crippen LogP contribution >= 0.6 is 11.6 Å². The lowest BCUT2D eigenvalue weighted by molar-refractivity contribution is -0.120. The van der Waals surface area contributed by atoms with E-state index in [9.17, 15) is 17.6 Å². The lowest BCUT2D eigenvalue weighted by atomic mass is 9.97. The number of halogens is 2. The van der Waals surface area contributed by atoms with Gasteiger partial charge in [0.05, 0.1) is 16.5 Å². The number of nitrogens with zero attached hydrogens (tertiary/aromatic N) is 1. The summed E-state index contributed by atoms with van der Waals surface area (Å²) in [6.07, 6.45) is 1.64. The van der Waals surface area contributed by atoms with Gasteiger partial charge in [-0.15, -0.1) is 0 Å². The van der Waals surface area contributed by atoms with Crippen LogP contribution < -0.4 is 10.1 Å². The Morgan fingerprint density at radius 1 is 1.17 bits per heavy atom. The summed E-state index contributed by atoms with van der Waals surface area (Å²) in [6.45, 7) is 1.08. The molecule has 29 heavy (non-hydrogen) atoms. The van der Waals surface area contributed by atoms with E-state index in [1.54, 1.807) is 6.07 Å². The number of amides is 1. The first-order valence-corrected chi connectivity index (χ1v) is 11.2. The molecule has 0 radical (unpaired) electrons. The van der Waals surface area contributed by atoms with Crippen molar-refractivity contribution in [1.29, 1.82) is 0 Å². The number of anilines is 1. The topological polar surface area (TPSA) is 75.7 Å². The van der Waals surface area contributed by atoms with Gasteiger partial charge < -0.3 is 10.1 Å². The number of benzene rings is 2. The quantitative estimate of drug-likeness (QED) is 0.793. The predicted molar refractivity (Wildman–Crippen MR) is 107 cm³/mol. The van der Waals surface area contributed by atoms with Gasteiger partial charge in [-0.1, -0.05) is 11.6 Å². The van der Waals surface area contributed by atoms with Crippen molar-refractivity contribution < 1.29 is 22.3 Å². The second-order valence-electron chi connectivity index (χ2n) is 7.16. The minimum atomic E-state index is -3.78. The van der Waals surface area contributed by atoms with Crippen molar-refractivity contribution in [2.24, 2.45) is 5.92 Å². The molecule has 2 aliphatic rings. The lowest BCUT2D eigenvalue weighted by Gasteiger charge is -2.30. The maximum atomic E-state index is 13.3. The van der Waals surface area contributed by atoms with Crippen LogP contribution in [0.5, 0.6) is 5.75 Å². The highest BCUT2D eigenvalue weighted by molar-refractivity contribution is 7.89. The molecule has 1 saturated heterocycles. The molecular formula is C20H20ClFN2O4S. The zero-order valence-corrected chi connectivity index (χ0v) is 17.1. The largest absolute Gasteiger partial charge is 0.493 e. The molecule has 1 fully saturated rings. The summed E-state index contributed by atoms with van der Waals surface area (Å²) < 4.78 is 45.6. The maximum absolute atomic E-state index is 13.3. The van der Waals surface area contributed by atoms with Crippen LogP contribution in [0.25, 0.3) is 0 Å². The minimum Gasteiger partial charge on any atom is -0.493 e. The molecule has 1 amide bonds. The number of carbonyl (C=O) groups excluding carboxylic acids is 1. The summed E-state index contributed by atoms with van der Waals surface area (Å²) in [5.74, 6) is -0.213. The summed E-state index contributed by atoms with van der Waals surface area (Å²) in [5.41, 5.74) is 1.79. The fourth-order valence-electron chi connectivity index (χ4n) is 3.65. The Morgan fingerprint density at radius 2 is 1.93 bits per heavy atom. The first kappa shape index (κ1) is 20.1.